The molecular formula is C20H25NO2. The van der Waals surface area contributed by atoms with Gasteiger partial charge in [0.25, 0.3) is 0 Å². The number of hydrogen-bond donors (Lipinski definition) is 2. The first kappa shape index (κ1) is 17.2. The summed E-state index contributed by atoms with van der Waals surface area (Å²) >= 11 is 0. The summed E-state index contributed by atoms with van der Waals surface area (Å²) in [5, 5.41) is 12.0. The molecule has 0 aromatic heterocycles. The smallest absolute Gasteiger partial charge is 0.220 e. The van der Waals surface area contributed by atoms with Gasteiger partial charge in [-0.05, 0) is 42.9 Å². The second-order valence-corrected chi connectivity index (χ2v) is 5.91. The number of amides is 1. The van der Waals surface area contributed by atoms with Crippen LogP contribution < -0.4 is 5.32 Å². The number of nitrogens with one attached hydrogen (secondary N) is 1. The lowest BCUT2D eigenvalue weighted by atomic mass is 10.1. The maximum atomic E-state index is 11.8. The minimum Gasteiger partial charge on any atom is -0.392 e. The van der Waals surface area contributed by atoms with Crippen LogP contribution in [0.2, 0.25) is 0 Å². The third-order valence-corrected chi connectivity index (χ3v) is 3.93. The van der Waals surface area contributed by atoms with Crippen LogP contribution in [-0.4, -0.2) is 17.6 Å². The molecule has 0 spiro atoms. The number of rotatable bonds is 8. The van der Waals surface area contributed by atoms with E-state index < -0.39 is 0 Å². The summed E-state index contributed by atoms with van der Waals surface area (Å²) in [5.41, 5.74) is 4.63. The second kappa shape index (κ2) is 9.11. The number of aliphatic hydroxyl groups is 1. The summed E-state index contributed by atoms with van der Waals surface area (Å²) in [6, 6.07) is 16.3. The number of carbonyl (C=O) groups excluding carboxylic acids is 1. The van der Waals surface area contributed by atoms with Gasteiger partial charge in [0, 0.05) is 13.0 Å². The molecule has 0 bridgehead atoms. The van der Waals surface area contributed by atoms with E-state index in [0.717, 1.165) is 24.8 Å². The Hall–Kier alpha value is -2.13. The Kier molecular flexibility index (Phi) is 6.82. The van der Waals surface area contributed by atoms with Gasteiger partial charge >= 0.3 is 0 Å². The summed E-state index contributed by atoms with van der Waals surface area (Å²) < 4.78 is 0. The van der Waals surface area contributed by atoms with Gasteiger partial charge in [0.2, 0.25) is 5.91 Å². The lowest BCUT2D eigenvalue weighted by Crippen LogP contribution is -2.25. The summed E-state index contributed by atoms with van der Waals surface area (Å²) in [7, 11) is 0. The fraction of sp³-hybridized carbons (Fsp3) is 0.350. The zero-order chi connectivity index (χ0) is 16.5. The first-order valence-electron chi connectivity index (χ1n) is 8.18. The van der Waals surface area contributed by atoms with E-state index in [9.17, 15) is 4.79 Å². The molecular weight excluding hydrogens is 286 g/mol. The van der Waals surface area contributed by atoms with E-state index in [1.807, 2.05) is 24.3 Å². The first-order valence-corrected chi connectivity index (χ1v) is 8.18. The molecule has 0 saturated carbocycles. The third kappa shape index (κ3) is 6.25. The Morgan fingerprint density at radius 1 is 0.913 bits per heavy atom. The average Bonchev–Trinajstić information content (AvgIpc) is 2.57. The molecule has 23 heavy (non-hydrogen) atoms. The van der Waals surface area contributed by atoms with Crippen molar-refractivity contribution >= 4 is 5.91 Å². The molecule has 1 amide bonds. The van der Waals surface area contributed by atoms with Crippen molar-refractivity contribution < 1.29 is 9.90 Å². The predicted molar refractivity (Wildman–Crippen MR) is 93.2 cm³/mol. The van der Waals surface area contributed by atoms with Gasteiger partial charge in [-0.2, -0.15) is 0 Å². The largest absolute Gasteiger partial charge is 0.392 e. The number of hydrogen-bond acceptors (Lipinski definition) is 2. The third-order valence-electron chi connectivity index (χ3n) is 3.93. The van der Waals surface area contributed by atoms with E-state index in [2.05, 4.69) is 36.5 Å². The summed E-state index contributed by atoms with van der Waals surface area (Å²) in [4.78, 5) is 11.8. The highest BCUT2D eigenvalue weighted by Gasteiger charge is 2.02. The van der Waals surface area contributed by atoms with E-state index >= 15 is 0 Å². The van der Waals surface area contributed by atoms with Gasteiger partial charge in [0.15, 0.2) is 0 Å². The highest BCUT2D eigenvalue weighted by Crippen LogP contribution is 2.07. The molecule has 0 aliphatic carbocycles. The Bertz CT molecular complexity index is 603. The zero-order valence-corrected chi connectivity index (χ0v) is 13.7. The van der Waals surface area contributed by atoms with Crippen molar-refractivity contribution in [2.24, 2.45) is 0 Å². The average molecular weight is 311 g/mol. The van der Waals surface area contributed by atoms with Crippen LogP contribution in [0.15, 0.2) is 48.5 Å². The summed E-state index contributed by atoms with van der Waals surface area (Å²) in [6.45, 7) is 2.80. The van der Waals surface area contributed by atoms with Gasteiger partial charge in [-0.1, -0.05) is 54.1 Å². The molecule has 2 N–H and O–H groups in total. The fourth-order valence-corrected chi connectivity index (χ4v) is 2.45. The van der Waals surface area contributed by atoms with Crippen molar-refractivity contribution in [2.75, 3.05) is 6.54 Å². The first-order chi connectivity index (χ1) is 11.2. The molecule has 122 valence electrons. The molecule has 2 rings (SSSR count). The Morgan fingerprint density at radius 2 is 1.48 bits per heavy atom. The maximum Gasteiger partial charge on any atom is 0.220 e. The minimum atomic E-state index is 0.0675. The topological polar surface area (TPSA) is 49.3 Å². The van der Waals surface area contributed by atoms with E-state index in [1.54, 1.807) is 0 Å². The normalized spacial score (nSPS) is 10.5. The van der Waals surface area contributed by atoms with Crippen molar-refractivity contribution in [3.05, 3.63) is 70.8 Å². The van der Waals surface area contributed by atoms with Crippen molar-refractivity contribution in [3.8, 4) is 0 Å². The lowest BCUT2D eigenvalue weighted by Gasteiger charge is -2.06. The summed E-state index contributed by atoms with van der Waals surface area (Å²) in [5.74, 6) is 0.115. The molecule has 3 heteroatoms. The summed E-state index contributed by atoms with van der Waals surface area (Å²) in [6.07, 6.45) is 3.20. The van der Waals surface area contributed by atoms with Crippen LogP contribution in [-0.2, 0) is 24.2 Å². The van der Waals surface area contributed by atoms with Gasteiger partial charge in [-0.3, -0.25) is 4.79 Å². The van der Waals surface area contributed by atoms with Crippen LogP contribution in [0.1, 0.15) is 35.1 Å². The van der Waals surface area contributed by atoms with E-state index in [-0.39, 0.29) is 12.5 Å². The number of aliphatic hydroxyl groups excluding tert-OH is 1. The van der Waals surface area contributed by atoms with Crippen LogP contribution in [0.3, 0.4) is 0 Å². The second-order valence-electron chi connectivity index (χ2n) is 5.91. The number of benzene rings is 2. The zero-order valence-electron chi connectivity index (χ0n) is 13.7. The van der Waals surface area contributed by atoms with Crippen molar-refractivity contribution in [2.45, 2.75) is 39.2 Å². The molecule has 0 saturated heterocycles. The van der Waals surface area contributed by atoms with Crippen molar-refractivity contribution in [3.63, 3.8) is 0 Å². The van der Waals surface area contributed by atoms with Gasteiger partial charge in [0.05, 0.1) is 6.61 Å². The molecule has 3 nitrogen and oxygen atoms in total. The highest BCUT2D eigenvalue weighted by atomic mass is 16.3. The standard InChI is InChI=1S/C20H25NO2/c1-16-5-7-17(8-6-16)3-2-4-20(23)21-14-13-18-9-11-19(15-22)12-10-18/h5-12,22H,2-4,13-15H2,1H3,(H,21,23). The molecule has 0 aliphatic rings. The van der Waals surface area contributed by atoms with Gasteiger partial charge in [-0.25, -0.2) is 0 Å². The van der Waals surface area contributed by atoms with Crippen LogP contribution in [0.4, 0.5) is 0 Å². The van der Waals surface area contributed by atoms with Crippen LogP contribution >= 0.6 is 0 Å². The van der Waals surface area contributed by atoms with Crippen LogP contribution in [0, 0.1) is 6.92 Å². The quantitative estimate of drug-likeness (QED) is 0.787. The molecule has 0 fully saturated rings. The van der Waals surface area contributed by atoms with Crippen molar-refractivity contribution in [1.82, 2.24) is 5.32 Å². The SMILES string of the molecule is Cc1ccc(CCCC(=O)NCCc2ccc(CO)cc2)cc1. The number of aryl methyl sites for hydroxylation is 2. The Balaban J connectivity index is 1.62. The predicted octanol–water partition coefficient (Wildman–Crippen LogP) is 3.17. The van der Waals surface area contributed by atoms with E-state index in [0.29, 0.717) is 13.0 Å². The highest BCUT2D eigenvalue weighted by molar-refractivity contribution is 5.75. The van der Waals surface area contributed by atoms with Crippen molar-refractivity contribution in [1.29, 1.82) is 0 Å². The minimum absolute atomic E-state index is 0.0675. The monoisotopic (exact) mass is 311 g/mol. The maximum absolute atomic E-state index is 11.8. The van der Waals surface area contributed by atoms with Gasteiger partial charge in [-0.15, -0.1) is 0 Å². The molecule has 0 aliphatic heterocycles. The molecule has 2 aromatic carbocycles. The van der Waals surface area contributed by atoms with Crippen LogP contribution in [0.25, 0.3) is 0 Å². The fourth-order valence-electron chi connectivity index (χ4n) is 2.45. The van der Waals surface area contributed by atoms with Gasteiger partial charge in [0.1, 0.15) is 0 Å². The van der Waals surface area contributed by atoms with Crippen LogP contribution in [0.5, 0.6) is 0 Å². The molecule has 0 radical (unpaired) electrons. The van der Waals surface area contributed by atoms with Gasteiger partial charge < -0.3 is 10.4 Å². The van der Waals surface area contributed by atoms with E-state index in [4.69, 9.17) is 5.11 Å². The Morgan fingerprint density at radius 3 is 2.13 bits per heavy atom. The van der Waals surface area contributed by atoms with E-state index in [1.165, 1.54) is 16.7 Å². The lowest BCUT2D eigenvalue weighted by molar-refractivity contribution is -0.121. The molecule has 0 heterocycles. The molecule has 2 aromatic rings. The molecule has 0 atom stereocenters. The number of carbonyl (C=O) groups is 1. The molecule has 0 unspecified atom stereocenters. The Labute approximate surface area is 138 Å².